The molecule has 0 saturated carbocycles. The van der Waals surface area contributed by atoms with Crippen LogP contribution in [0.2, 0.25) is 0 Å². The number of nitrogens with zero attached hydrogens (tertiary/aromatic N) is 4. The second-order valence-electron chi connectivity index (χ2n) is 3.27. The van der Waals surface area contributed by atoms with Gasteiger partial charge < -0.3 is 9.88 Å². The summed E-state index contributed by atoms with van der Waals surface area (Å²) in [6.45, 7) is 3.65. The molecular formula is C10H13N5. The molecule has 0 aliphatic carbocycles. The molecule has 0 atom stereocenters. The van der Waals surface area contributed by atoms with Crippen molar-refractivity contribution in [3.63, 3.8) is 0 Å². The van der Waals surface area contributed by atoms with Crippen LogP contribution in [0.25, 0.3) is 0 Å². The Morgan fingerprint density at radius 1 is 1.40 bits per heavy atom. The van der Waals surface area contributed by atoms with Crippen LogP contribution in [0, 0.1) is 6.92 Å². The Morgan fingerprint density at radius 3 is 3.07 bits per heavy atom. The minimum absolute atomic E-state index is 0.826. The van der Waals surface area contributed by atoms with Gasteiger partial charge in [0, 0.05) is 37.2 Å². The average molecular weight is 203 g/mol. The average Bonchev–Trinajstić information content (AvgIpc) is 2.71. The van der Waals surface area contributed by atoms with Crippen LogP contribution in [-0.4, -0.2) is 26.1 Å². The number of rotatable bonds is 4. The molecule has 0 amide bonds. The lowest BCUT2D eigenvalue weighted by Gasteiger charge is -2.05. The van der Waals surface area contributed by atoms with Gasteiger partial charge in [0.05, 0.1) is 6.33 Å². The van der Waals surface area contributed by atoms with Gasteiger partial charge in [0.2, 0.25) is 0 Å². The summed E-state index contributed by atoms with van der Waals surface area (Å²) < 4.78 is 2.01. The maximum atomic E-state index is 4.11. The van der Waals surface area contributed by atoms with Crippen molar-refractivity contribution >= 4 is 5.82 Å². The second-order valence-corrected chi connectivity index (χ2v) is 3.27. The molecular weight excluding hydrogens is 190 g/mol. The van der Waals surface area contributed by atoms with E-state index in [-0.39, 0.29) is 0 Å². The lowest BCUT2D eigenvalue weighted by Crippen LogP contribution is -2.10. The van der Waals surface area contributed by atoms with E-state index in [2.05, 4.69) is 20.3 Å². The van der Waals surface area contributed by atoms with Crippen LogP contribution in [0.5, 0.6) is 0 Å². The largest absolute Gasteiger partial charge is 0.368 e. The molecule has 0 fully saturated rings. The molecule has 0 aromatic carbocycles. The van der Waals surface area contributed by atoms with E-state index in [4.69, 9.17) is 0 Å². The van der Waals surface area contributed by atoms with E-state index < -0.39 is 0 Å². The summed E-state index contributed by atoms with van der Waals surface area (Å²) in [5.41, 5.74) is 0.968. The highest BCUT2D eigenvalue weighted by molar-refractivity contribution is 5.33. The predicted octanol–water partition coefficient (Wildman–Crippen LogP) is 1.09. The predicted molar refractivity (Wildman–Crippen MR) is 57.5 cm³/mol. The Kier molecular flexibility index (Phi) is 2.92. The van der Waals surface area contributed by atoms with Gasteiger partial charge in [-0.1, -0.05) is 0 Å². The molecule has 2 rings (SSSR count). The summed E-state index contributed by atoms with van der Waals surface area (Å²) in [5, 5.41) is 3.22. The van der Waals surface area contributed by atoms with Crippen LogP contribution >= 0.6 is 0 Å². The van der Waals surface area contributed by atoms with Gasteiger partial charge in [-0.2, -0.15) is 0 Å². The fourth-order valence-corrected chi connectivity index (χ4v) is 1.28. The summed E-state index contributed by atoms with van der Waals surface area (Å²) >= 11 is 0. The van der Waals surface area contributed by atoms with E-state index in [1.165, 1.54) is 0 Å². The molecule has 5 nitrogen and oxygen atoms in total. The van der Waals surface area contributed by atoms with Gasteiger partial charge in [0.1, 0.15) is 12.1 Å². The number of anilines is 1. The molecule has 0 radical (unpaired) electrons. The third-order valence-electron chi connectivity index (χ3n) is 2.04. The number of aryl methyl sites for hydroxylation is 1. The van der Waals surface area contributed by atoms with E-state index in [0.717, 1.165) is 24.6 Å². The molecule has 0 spiro atoms. The summed E-state index contributed by atoms with van der Waals surface area (Å²) in [5.74, 6) is 0.864. The first kappa shape index (κ1) is 9.64. The molecule has 15 heavy (non-hydrogen) atoms. The van der Waals surface area contributed by atoms with Gasteiger partial charge in [-0.25, -0.2) is 15.0 Å². The van der Waals surface area contributed by atoms with E-state index in [9.17, 15) is 0 Å². The SMILES string of the molecule is Cc1cc(NCCn2ccnc2)ncn1. The van der Waals surface area contributed by atoms with Gasteiger partial charge >= 0.3 is 0 Å². The number of hydrogen-bond donors (Lipinski definition) is 1. The second kappa shape index (κ2) is 4.54. The quantitative estimate of drug-likeness (QED) is 0.808. The smallest absolute Gasteiger partial charge is 0.129 e. The fourth-order valence-electron chi connectivity index (χ4n) is 1.28. The van der Waals surface area contributed by atoms with Gasteiger partial charge in [-0.05, 0) is 6.92 Å². The van der Waals surface area contributed by atoms with Crippen LogP contribution in [-0.2, 0) is 6.54 Å². The van der Waals surface area contributed by atoms with Crippen molar-refractivity contribution in [2.75, 3.05) is 11.9 Å². The standard InChI is InChI=1S/C10H13N5/c1-9-6-10(14-7-13-9)12-3-5-15-4-2-11-8-15/h2,4,6-8H,3,5H2,1H3,(H,12,13,14). The molecule has 1 N–H and O–H groups in total. The molecule has 2 aromatic heterocycles. The van der Waals surface area contributed by atoms with Crippen molar-refractivity contribution in [2.24, 2.45) is 0 Å². The van der Waals surface area contributed by atoms with E-state index in [0.29, 0.717) is 0 Å². The Balaban J connectivity index is 1.83. The van der Waals surface area contributed by atoms with Crippen molar-refractivity contribution in [1.29, 1.82) is 0 Å². The lowest BCUT2D eigenvalue weighted by atomic mass is 10.4. The molecule has 0 saturated heterocycles. The Bertz CT molecular complexity index is 410. The summed E-state index contributed by atoms with van der Waals surface area (Å²) in [6, 6.07) is 1.92. The van der Waals surface area contributed by atoms with Crippen molar-refractivity contribution < 1.29 is 0 Å². The Labute approximate surface area is 88.2 Å². The van der Waals surface area contributed by atoms with Crippen LogP contribution in [0.15, 0.2) is 31.1 Å². The highest BCUT2D eigenvalue weighted by atomic mass is 15.1. The van der Waals surface area contributed by atoms with E-state index in [1.54, 1.807) is 18.9 Å². The zero-order valence-electron chi connectivity index (χ0n) is 8.59. The summed E-state index contributed by atoms with van der Waals surface area (Å²) in [4.78, 5) is 12.1. The Hall–Kier alpha value is -1.91. The topological polar surface area (TPSA) is 55.6 Å². The number of nitrogens with one attached hydrogen (secondary N) is 1. The molecule has 0 unspecified atom stereocenters. The number of aromatic nitrogens is 4. The monoisotopic (exact) mass is 203 g/mol. The van der Waals surface area contributed by atoms with Crippen LogP contribution in [0.1, 0.15) is 5.69 Å². The first-order valence-electron chi connectivity index (χ1n) is 4.83. The van der Waals surface area contributed by atoms with Crippen molar-refractivity contribution in [3.8, 4) is 0 Å². The van der Waals surface area contributed by atoms with Crippen LogP contribution in [0.4, 0.5) is 5.82 Å². The van der Waals surface area contributed by atoms with E-state index >= 15 is 0 Å². The Morgan fingerprint density at radius 2 is 2.33 bits per heavy atom. The first-order valence-corrected chi connectivity index (χ1v) is 4.83. The van der Waals surface area contributed by atoms with Crippen molar-refractivity contribution in [2.45, 2.75) is 13.5 Å². The highest BCUT2D eigenvalue weighted by Gasteiger charge is 1.94. The van der Waals surface area contributed by atoms with Crippen molar-refractivity contribution in [3.05, 3.63) is 36.8 Å². The highest BCUT2D eigenvalue weighted by Crippen LogP contribution is 2.01. The first-order chi connectivity index (χ1) is 7.34. The third kappa shape index (κ3) is 2.77. The van der Waals surface area contributed by atoms with Gasteiger partial charge in [0.15, 0.2) is 0 Å². The number of imidazole rings is 1. The van der Waals surface area contributed by atoms with Gasteiger partial charge in [-0.15, -0.1) is 0 Å². The molecule has 2 heterocycles. The van der Waals surface area contributed by atoms with Gasteiger partial charge in [0.25, 0.3) is 0 Å². The zero-order valence-corrected chi connectivity index (χ0v) is 8.59. The van der Waals surface area contributed by atoms with E-state index in [1.807, 2.05) is 23.8 Å². The molecule has 78 valence electrons. The molecule has 0 aliphatic rings. The lowest BCUT2D eigenvalue weighted by molar-refractivity contribution is 0.725. The fraction of sp³-hybridized carbons (Fsp3) is 0.300. The van der Waals surface area contributed by atoms with Crippen LogP contribution in [0.3, 0.4) is 0 Å². The van der Waals surface area contributed by atoms with Crippen molar-refractivity contribution in [1.82, 2.24) is 19.5 Å². The molecule has 2 aromatic rings. The minimum Gasteiger partial charge on any atom is -0.368 e. The normalized spacial score (nSPS) is 10.2. The zero-order chi connectivity index (χ0) is 10.5. The van der Waals surface area contributed by atoms with Crippen LogP contribution < -0.4 is 5.32 Å². The maximum absolute atomic E-state index is 4.11. The number of hydrogen-bond acceptors (Lipinski definition) is 4. The maximum Gasteiger partial charge on any atom is 0.129 e. The molecule has 5 heteroatoms. The van der Waals surface area contributed by atoms with Gasteiger partial charge in [-0.3, -0.25) is 0 Å². The minimum atomic E-state index is 0.826. The molecule has 0 bridgehead atoms. The summed E-state index contributed by atoms with van der Waals surface area (Å²) in [6.07, 6.45) is 7.07. The summed E-state index contributed by atoms with van der Waals surface area (Å²) in [7, 11) is 0. The molecule has 0 aliphatic heterocycles. The third-order valence-corrected chi connectivity index (χ3v) is 2.04.